The van der Waals surface area contributed by atoms with Gasteiger partial charge in [0.15, 0.2) is 0 Å². The predicted molar refractivity (Wildman–Crippen MR) is 314 cm³/mol. The van der Waals surface area contributed by atoms with Gasteiger partial charge in [0, 0.05) is 6.42 Å². The van der Waals surface area contributed by atoms with Crippen LogP contribution >= 0.6 is 7.82 Å². The molecular formula is C63H126N2O6P+. The number of carbonyl (C=O) groups is 1. The zero-order valence-electron chi connectivity index (χ0n) is 48.9. The van der Waals surface area contributed by atoms with Gasteiger partial charge in [0.05, 0.1) is 39.9 Å². The lowest BCUT2D eigenvalue weighted by Gasteiger charge is -2.25. The first-order valence-corrected chi connectivity index (χ1v) is 33.2. The van der Waals surface area contributed by atoms with Crippen LogP contribution in [-0.2, 0) is 18.4 Å². The first kappa shape index (κ1) is 71.0. The molecule has 1 amide bonds. The maximum atomic E-state index is 13.0. The third-order valence-corrected chi connectivity index (χ3v) is 15.7. The number of aliphatic hydroxyl groups is 1. The fourth-order valence-corrected chi connectivity index (χ4v) is 10.4. The summed E-state index contributed by atoms with van der Waals surface area (Å²) >= 11 is 0. The molecule has 0 spiro atoms. The second kappa shape index (κ2) is 54.8. The van der Waals surface area contributed by atoms with E-state index in [0.29, 0.717) is 17.4 Å². The van der Waals surface area contributed by atoms with Crippen LogP contribution in [0.4, 0.5) is 0 Å². The summed E-state index contributed by atoms with van der Waals surface area (Å²) in [5.41, 5.74) is 0. The second-order valence-electron chi connectivity index (χ2n) is 23.1. The van der Waals surface area contributed by atoms with Crippen molar-refractivity contribution in [1.29, 1.82) is 0 Å². The lowest BCUT2D eigenvalue weighted by Crippen LogP contribution is -2.45. The van der Waals surface area contributed by atoms with E-state index in [4.69, 9.17) is 9.05 Å². The van der Waals surface area contributed by atoms with Crippen molar-refractivity contribution >= 4 is 13.7 Å². The minimum Gasteiger partial charge on any atom is -0.387 e. The highest BCUT2D eigenvalue weighted by atomic mass is 31.2. The average molecular weight is 1040 g/mol. The Labute approximate surface area is 449 Å². The van der Waals surface area contributed by atoms with E-state index in [-0.39, 0.29) is 19.1 Å². The number of likely N-dealkylation sites (N-methyl/N-ethyl adjacent to an activating group) is 1. The van der Waals surface area contributed by atoms with Crippen LogP contribution in [0.5, 0.6) is 0 Å². The third-order valence-electron chi connectivity index (χ3n) is 14.7. The molecule has 0 aromatic heterocycles. The van der Waals surface area contributed by atoms with E-state index >= 15 is 0 Å². The molecule has 0 aromatic rings. The highest BCUT2D eigenvalue weighted by Gasteiger charge is 2.27. The van der Waals surface area contributed by atoms with Crippen LogP contribution in [0.15, 0.2) is 24.3 Å². The van der Waals surface area contributed by atoms with Crippen LogP contribution in [-0.4, -0.2) is 73.4 Å². The molecule has 0 saturated heterocycles. The van der Waals surface area contributed by atoms with Crippen LogP contribution in [0.1, 0.15) is 322 Å². The Morgan fingerprint density at radius 2 is 0.764 bits per heavy atom. The van der Waals surface area contributed by atoms with Crippen molar-refractivity contribution in [2.45, 2.75) is 334 Å². The van der Waals surface area contributed by atoms with Gasteiger partial charge in [0.25, 0.3) is 0 Å². The SMILES string of the molecule is CCCCCCCCCCCCCCCCCCCCC/C=C/CC/C=C/C(O)C(COP(=O)(O)OCC[N+](C)(C)C)NC(=O)CCCCCCCCCCCCCCCCCCCCCCCCCCC. The number of phosphoric acid groups is 1. The Bertz CT molecular complexity index is 1220. The summed E-state index contributed by atoms with van der Waals surface area (Å²) in [7, 11) is 1.57. The molecule has 428 valence electrons. The molecule has 0 rings (SSSR count). The van der Waals surface area contributed by atoms with Gasteiger partial charge in [-0.2, -0.15) is 0 Å². The molecule has 0 fully saturated rings. The monoisotopic (exact) mass is 1040 g/mol. The van der Waals surface area contributed by atoms with Gasteiger partial charge >= 0.3 is 7.82 Å². The number of phosphoric ester groups is 1. The van der Waals surface area contributed by atoms with Crippen molar-refractivity contribution < 1.29 is 32.9 Å². The van der Waals surface area contributed by atoms with Gasteiger partial charge in [0.2, 0.25) is 5.91 Å². The first-order valence-electron chi connectivity index (χ1n) is 31.7. The van der Waals surface area contributed by atoms with Crippen molar-refractivity contribution in [3.63, 3.8) is 0 Å². The molecule has 8 nitrogen and oxygen atoms in total. The van der Waals surface area contributed by atoms with E-state index < -0.39 is 20.0 Å². The highest BCUT2D eigenvalue weighted by molar-refractivity contribution is 7.47. The Balaban J connectivity index is 4.15. The van der Waals surface area contributed by atoms with Crippen LogP contribution in [0.3, 0.4) is 0 Å². The van der Waals surface area contributed by atoms with Crippen molar-refractivity contribution in [2.75, 3.05) is 40.9 Å². The topological polar surface area (TPSA) is 105 Å². The molecule has 0 heterocycles. The van der Waals surface area contributed by atoms with Crippen LogP contribution < -0.4 is 5.32 Å². The fraction of sp³-hybridized carbons (Fsp3) is 0.921. The van der Waals surface area contributed by atoms with Crippen molar-refractivity contribution in [3.05, 3.63) is 24.3 Å². The molecule has 0 aliphatic heterocycles. The van der Waals surface area contributed by atoms with Crippen molar-refractivity contribution in [1.82, 2.24) is 5.32 Å². The summed E-state index contributed by atoms with van der Waals surface area (Å²) in [6.45, 7) is 4.85. The molecule has 3 N–H and O–H groups in total. The standard InChI is InChI=1S/C63H125N2O6P/c1-6-8-10-12-14-16-18-20-22-24-26-28-30-32-34-36-38-40-42-44-46-48-50-52-54-56-62(66)61(60-71-72(68,69)70-59-58-65(3,4)5)64-63(67)57-55-53-51-49-47-45-43-41-39-37-35-33-31-29-27-25-23-21-19-17-15-13-11-9-7-2/h46,48,54,56,61-62,66H,6-45,47,49-53,55,57-60H2,1-5H3,(H-,64,67,68,69)/p+1/b48-46+,56-54+. The van der Waals surface area contributed by atoms with E-state index in [1.807, 2.05) is 27.2 Å². The number of aliphatic hydroxyl groups excluding tert-OH is 1. The normalized spacial score (nSPS) is 13.9. The number of rotatable bonds is 59. The number of carbonyl (C=O) groups excluding carboxylic acids is 1. The lowest BCUT2D eigenvalue weighted by molar-refractivity contribution is -0.870. The maximum absolute atomic E-state index is 13.0. The Hall–Kier alpha value is -1.02. The van der Waals surface area contributed by atoms with Gasteiger partial charge < -0.3 is 19.8 Å². The molecule has 9 heteroatoms. The number of allylic oxidation sites excluding steroid dienone is 3. The minimum absolute atomic E-state index is 0.0590. The number of nitrogens with zero attached hydrogens (tertiary/aromatic N) is 1. The number of hydrogen-bond acceptors (Lipinski definition) is 5. The van der Waals surface area contributed by atoms with E-state index in [1.165, 1.54) is 263 Å². The van der Waals surface area contributed by atoms with Gasteiger partial charge in [-0.25, -0.2) is 4.57 Å². The zero-order valence-corrected chi connectivity index (χ0v) is 49.8. The summed E-state index contributed by atoms with van der Waals surface area (Å²) in [4.78, 5) is 23.3. The molecule has 0 aromatic carbocycles. The molecule has 0 bridgehead atoms. The maximum Gasteiger partial charge on any atom is 0.472 e. The van der Waals surface area contributed by atoms with Gasteiger partial charge in [0.1, 0.15) is 13.2 Å². The molecule has 0 saturated carbocycles. The summed E-state index contributed by atoms with van der Waals surface area (Å²) < 4.78 is 23.8. The number of nitrogens with one attached hydrogen (secondary N) is 1. The highest BCUT2D eigenvalue weighted by Crippen LogP contribution is 2.43. The van der Waals surface area contributed by atoms with E-state index in [0.717, 1.165) is 38.5 Å². The minimum atomic E-state index is -4.36. The van der Waals surface area contributed by atoms with Crippen molar-refractivity contribution in [3.8, 4) is 0 Å². The average Bonchev–Trinajstić information content (AvgIpc) is 3.34. The number of quaternary nitrogens is 1. The molecule has 3 unspecified atom stereocenters. The molecule has 72 heavy (non-hydrogen) atoms. The second-order valence-corrected chi connectivity index (χ2v) is 24.6. The number of unbranched alkanes of at least 4 members (excludes halogenated alkanes) is 44. The number of hydrogen-bond donors (Lipinski definition) is 3. The molecule has 0 aliphatic rings. The molecule has 0 radical (unpaired) electrons. The Morgan fingerprint density at radius 3 is 1.11 bits per heavy atom. The fourth-order valence-electron chi connectivity index (χ4n) is 9.71. The summed E-state index contributed by atoms with van der Waals surface area (Å²) in [6, 6.07) is -0.861. The van der Waals surface area contributed by atoms with Gasteiger partial charge in [-0.3, -0.25) is 13.8 Å². The largest absolute Gasteiger partial charge is 0.472 e. The predicted octanol–water partition coefficient (Wildman–Crippen LogP) is 19.5. The van der Waals surface area contributed by atoms with Crippen LogP contribution in [0.25, 0.3) is 0 Å². The summed E-state index contributed by atoms with van der Waals surface area (Å²) in [6.07, 6.45) is 70.2. The van der Waals surface area contributed by atoms with E-state index in [9.17, 15) is 19.4 Å². The number of amides is 1. The van der Waals surface area contributed by atoms with E-state index in [2.05, 4.69) is 31.3 Å². The Kier molecular flexibility index (Phi) is 54.0. The molecule has 3 atom stereocenters. The van der Waals surface area contributed by atoms with E-state index in [1.54, 1.807) is 6.08 Å². The molecule has 0 aliphatic carbocycles. The lowest BCUT2D eigenvalue weighted by atomic mass is 10.0. The summed E-state index contributed by atoms with van der Waals surface area (Å²) in [5.74, 6) is -0.179. The van der Waals surface area contributed by atoms with Gasteiger partial charge in [-0.05, 0) is 32.1 Å². The third kappa shape index (κ3) is 56.7. The van der Waals surface area contributed by atoms with Crippen molar-refractivity contribution in [2.24, 2.45) is 0 Å². The van der Waals surface area contributed by atoms with Crippen LogP contribution in [0, 0.1) is 0 Å². The first-order chi connectivity index (χ1) is 35.0. The smallest absolute Gasteiger partial charge is 0.387 e. The quantitative estimate of drug-likeness (QED) is 0.0243. The Morgan fingerprint density at radius 1 is 0.458 bits per heavy atom. The van der Waals surface area contributed by atoms with Gasteiger partial charge in [-0.15, -0.1) is 0 Å². The zero-order chi connectivity index (χ0) is 52.7. The van der Waals surface area contributed by atoms with Gasteiger partial charge in [-0.1, -0.05) is 308 Å². The summed E-state index contributed by atoms with van der Waals surface area (Å²) in [5, 5.41) is 14.0. The van der Waals surface area contributed by atoms with Crippen LogP contribution in [0.2, 0.25) is 0 Å². The molecular weight excluding hydrogens is 912 g/mol.